The maximum atomic E-state index is 12.3. The summed E-state index contributed by atoms with van der Waals surface area (Å²) in [5, 5.41) is 12.0. The lowest BCUT2D eigenvalue weighted by Crippen LogP contribution is -2.36. The molecule has 0 atom stereocenters. The Morgan fingerprint density at radius 3 is 2.65 bits per heavy atom. The van der Waals surface area contributed by atoms with E-state index in [4.69, 9.17) is 9.47 Å². The number of benzene rings is 1. The van der Waals surface area contributed by atoms with E-state index < -0.39 is 0 Å². The SMILES string of the molecule is CCCCOC(=O)c1ccc(NC(=O)CSc2nnc(CN3CCOCC3)n2C)cc1. The number of ether oxygens (including phenoxy) is 2. The van der Waals surface area contributed by atoms with Gasteiger partial charge in [-0.05, 0) is 30.7 Å². The summed E-state index contributed by atoms with van der Waals surface area (Å²) < 4.78 is 12.5. The zero-order chi connectivity index (χ0) is 22.1. The highest BCUT2D eigenvalue weighted by Crippen LogP contribution is 2.18. The Morgan fingerprint density at radius 2 is 1.94 bits per heavy atom. The van der Waals surface area contributed by atoms with E-state index in [0.717, 1.165) is 45.0 Å². The zero-order valence-electron chi connectivity index (χ0n) is 18.0. The number of hydrogen-bond donors (Lipinski definition) is 1. The summed E-state index contributed by atoms with van der Waals surface area (Å²) >= 11 is 1.34. The third-order valence-electron chi connectivity index (χ3n) is 4.86. The Hall–Kier alpha value is -2.43. The summed E-state index contributed by atoms with van der Waals surface area (Å²) in [4.78, 5) is 26.5. The Balaban J connectivity index is 1.45. The molecule has 1 aromatic heterocycles. The van der Waals surface area contributed by atoms with E-state index in [9.17, 15) is 9.59 Å². The van der Waals surface area contributed by atoms with Gasteiger partial charge in [-0.1, -0.05) is 25.1 Å². The van der Waals surface area contributed by atoms with Crippen LogP contribution in [-0.2, 0) is 27.9 Å². The molecule has 168 valence electrons. The van der Waals surface area contributed by atoms with Crippen LogP contribution in [0.25, 0.3) is 0 Å². The van der Waals surface area contributed by atoms with Gasteiger partial charge in [0.2, 0.25) is 5.91 Å². The second kappa shape index (κ2) is 11.8. The maximum absolute atomic E-state index is 12.3. The molecule has 0 bridgehead atoms. The molecule has 31 heavy (non-hydrogen) atoms. The van der Waals surface area contributed by atoms with Crippen molar-refractivity contribution >= 4 is 29.3 Å². The van der Waals surface area contributed by atoms with Crippen LogP contribution >= 0.6 is 11.8 Å². The Kier molecular flexibility index (Phi) is 8.86. The van der Waals surface area contributed by atoms with E-state index in [0.29, 0.717) is 29.6 Å². The molecule has 1 aromatic carbocycles. The summed E-state index contributed by atoms with van der Waals surface area (Å²) in [7, 11) is 1.91. The largest absolute Gasteiger partial charge is 0.462 e. The molecule has 2 aromatic rings. The number of carbonyl (C=O) groups excluding carboxylic acids is 2. The summed E-state index contributed by atoms with van der Waals surface area (Å²) in [6, 6.07) is 6.69. The molecular formula is C21H29N5O4S. The Bertz CT molecular complexity index is 865. The van der Waals surface area contributed by atoms with Gasteiger partial charge in [0.15, 0.2) is 5.16 Å². The topological polar surface area (TPSA) is 98.6 Å². The minimum atomic E-state index is -0.350. The molecule has 1 N–H and O–H groups in total. The van der Waals surface area contributed by atoms with E-state index in [1.54, 1.807) is 24.3 Å². The van der Waals surface area contributed by atoms with E-state index in [2.05, 4.69) is 20.4 Å². The lowest BCUT2D eigenvalue weighted by molar-refractivity contribution is -0.113. The van der Waals surface area contributed by atoms with E-state index in [1.165, 1.54) is 11.8 Å². The molecule has 3 rings (SSSR count). The number of aromatic nitrogens is 3. The average Bonchev–Trinajstić information content (AvgIpc) is 3.13. The monoisotopic (exact) mass is 447 g/mol. The molecule has 0 radical (unpaired) electrons. The van der Waals surface area contributed by atoms with Crippen molar-refractivity contribution in [3.63, 3.8) is 0 Å². The van der Waals surface area contributed by atoms with Gasteiger partial charge >= 0.3 is 5.97 Å². The van der Waals surface area contributed by atoms with Crippen LogP contribution in [0.2, 0.25) is 0 Å². The number of morpholine rings is 1. The van der Waals surface area contributed by atoms with E-state index >= 15 is 0 Å². The number of unbranched alkanes of at least 4 members (excludes halogenated alkanes) is 1. The molecule has 10 heteroatoms. The van der Waals surface area contributed by atoms with Crippen molar-refractivity contribution < 1.29 is 19.1 Å². The fourth-order valence-corrected chi connectivity index (χ4v) is 3.71. The van der Waals surface area contributed by atoms with Crippen LogP contribution in [-0.4, -0.2) is 70.2 Å². The molecule has 9 nitrogen and oxygen atoms in total. The van der Waals surface area contributed by atoms with E-state index in [1.807, 2.05) is 18.5 Å². The molecule has 0 unspecified atom stereocenters. The van der Waals surface area contributed by atoms with Crippen molar-refractivity contribution in [3.8, 4) is 0 Å². The van der Waals surface area contributed by atoms with Crippen molar-refractivity contribution in [1.82, 2.24) is 19.7 Å². The van der Waals surface area contributed by atoms with Crippen LogP contribution in [0.4, 0.5) is 5.69 Å². The first-order valence-electron chi connectivity index (χ1n) is 10.4. The number of rotatable bonds is 10. The van der Waals surface area contributed by atoms with Crippen molar-refractivity contribution in [1.29, 1.82) is 0 Å². The molecule has 0 saturated carbocycles. The number of thioether (sulfide) groups is 1. The van der Waals surface area contributed by atoms with Gasteiger partial charge in [0.1, 0.15) is 5.82 Å². The number of amides is 1. The second-order valence-corrected chi connectivity index (χ2v) is 8.19. The first-order valence-corrected chi connectivity index (χ1v) is 11.4. The van der Waals surface area contributed by atoms with Gasteiger partial charge in [0, 0.05) is 25.8 Å². The summed E-state index contributed by atoms with van der Waals surface area (Å²) in [6.07, 6.45) is 1.82. The van der Waals surface area contributed by atoms with Gasteiger partial charge < -0.3 is 19.4 Å². The van der Waals surface area contributed by atoms with Gasteiger partial charge in [-0.15, -0.1) is 10.2 Å². The molecule has 0 spiro atoms. The molecule has 0 aliphatic carbocycles. The van der Waals surface area contributed by atoms with Crippen molar-refractivity contribution in [2.24, 2.45) is 7.05 Å². The van der Waals surface area contributed by atoms with Crippen molar-refractivity contribution in [3.05, 3.63) is 35.7 Å². The predicted octanol–water partition coefficient (Wildman–Crippen LogP) is 2.33. The standard InChI is InChI=1S/C21H29N5O4S/c1-3-4-11-30-20(28)16-5-7-17(8-6-16)22-19(27)15-31-21-24-23-18(25(21)2)14-26-9-12-29-13-10-26/h5-8H,3-4,9-15H2,1-2H3,(H,22,27). The summed E-state index contributed by atoms with van der Waals surface area (Å²) in [5.41, 5.74) is 1.09. The quantitative estimate of drug-likeness (QED) is 0.337. The maximum Gasteiger partial charge on any atom is 0.338 e. The highest BCUT2D eigenvalue weighted by atomic mass is 32.2. The van der Waals surface area contributed by atoms with Crippen LogP contribution < -0.4 is 5.32 Å². The molecule has 2 heterocycles. The molecule has 1 fully saturated rings. The molecule has 1 saturated heterocycles. The summed E-state index contributed by atoms with van der Waals surface area (Å²) in [6.45, 7) is 6.41. The molecule has 1 aliphatic heterocycles. The lowest BCUT2D eigenvalue weighted by Gasteiger charge is -2.25. The fourth-order valence-electron chi connectivity index (χ4n) is 2.98. The minimum Gasteiger partial charge on any atom is -0.462 e. The minimum absolute atomic E-state index is 0.152. The number of carbonyl (C=O) groups is 2. The van der Waals surface area contributed by atoms with Gasteiger partial charge in [-0.25, -0.2) is 4.79 Å². The number of anilines is 1. The number of nitrogens with one attached hydrogen (secondary N) is 1. The lowest BCUT2D eigenvalue weighted by atomic mass is 10.2. The van der Waals surface area contributed by atoms with Crippen LogP contribution in [0.5, 0.6) is 0 Å². The van der Waals surface area contributed by atoms with Crippen LogP contribution in [0.3, 0.4) is 0 Å². The Morgan fingerprint density at radius 1 is 1.19 bits per heavy atom. The first-order chi connectivity index (χ1) is 15.1. The molecule has 1 amide bonds. The highest BCUT2D eigenvalue weighted by molar-refractivity contribution is 7.99. The fraction of sp³-hybridized carbons (Fsp3) is 0.524. The zero-order valence-corrected chi connectivity index (χ0v) is 18.8. The van der Waals surface area contributed by atoms with Gasteiger partial charge in [-0.2, -0.15) is 0 Å². The normalized spacial score (nSPS) is 14.4. The predicted molar refractivity (Wildman–Crippen MR) is 118 cm³/mol. The van der Waals surface area contributed by atoms with Crippen LogP contribution in [0.15, 0.2) is 29.4 Å². The molecule has 1 aliphatic rings. The van der Waals surface area contributed by atoms with E-state index in [-0.39, 0.29) is 17.6 Å². The van der Waals surface area contributed by atoms with Gasteiger partial charge in [0.05, 0.1) is 37.7 Å². The third-order valence-corrected chi connectivity index (χ3v) is 5.88. The third kappa shape index (κ3) is 7.05. The van der Waals surface area contributed by atoms with Crippen molar-refractivity contribution in [2.45, 2.75) is 31.5 Å². The van der Waals surface area contributed by atoms with Crippen LogP contribution in [0, 0.1) is 0 Å². The number of esters is 1. The second-order valence-electron chi connectivity index (χ2n) is 7.25. The molecular weight excluding hydrogens is 418 g/mol. The average molecular weight is 448 g/mol. The van der Waals surface area contributed by atoms with Crippen molar-refractivity contribution in [2.75, 3.05) is 44.0 Å². The Labute approximate surface area is 186 Å². The number of hydrogen-bond acceptors (Lipinski definition) is 8. The van der Waals surface area contributed by atoms with Gasteiger partial charge in [0.25, 0.3) is 0 Å². The number of nitrogens with zero attached hydrogens (tertiary/aromatic N) is 4. The first kappa shape index (κ1) is 23.2. The van der Waals surface area contributed by atoms with Crippen LogP contribution in [0.1, 0.15) is 35.9 Å². The summed E-state index contributed by atoms with van der Waals surface area (Å²) in [5.74, 6) is 0.578. The van der Waals surface area contributed by atoms with Gasteiger partial charge in [-0.3, -0.25) is 9.69 Å². The smallest absolute Gasteiger partial charge is 0.338 e. The highest BCUT2D eigenvalue weighted by Gasteiger charge is 2.16.